The SMILES string of the molecule is Cc1cc(C(O)c2ccc(Br)s2)ccc1Br. The summed E-state index contributed by atoms with van der Waals surface area (Å²) in [5, 5.41) is 10.2. The Kier molecular flexibility index (Phi) is 3.85. The van der Waals surface area contributed by atoms with Crippen molar-refractivity contribution in [2.75, 3.05) is 0 Å². The quantitative estimate of drug-likeness (QED) is 0.824. The summed E-state index contributed by atoms with van der Waals surface area (Å²) >= 11 is 8.41. The van der Waals surface area contributed by atoms with Gasteiger partial charge in [-0.25, -0.2) is 0 Å². The molecule has 2 aromatic rings. The molecular weight excluding hydrogens is 352 g/mol. The van der Waals surface area contributed by atoms with Gasteiger partial charge in [-0.1, -0.05) is 28.1 Å². The second kappa shape index (κ2) is 5.00. The highest BCUT2D eigenvalue weighted by Crippen LogP contribution is 2.32. The molecule has 0 fully saturated rings. The van der Waals surface area contributed by atoms with Crippen molar-refractivity contribution < 1.29 is 5.11 Å². The first kappa shape index (κ1) is 12.3. The Morgan fingerprint density at radius 3 is 2.50 bits per heavy atom. The van der Waals surface area contributed by atoms with Crippen molar-refractivity contribution >= 4 is 43.2 Å². The first-order valence-corrected chi connectivity index (χ1v) is 7.17. The molecule has 1 aromatic carbocycles. The molecule has 1 atom stereocenters. The molecule has 1 heterocycles. The van der Waals surface area contributed by atoms with Gasteiger partial charge in [-0.05, 0) is 52.2 Å². The molecule has 1 aromatic heterocycles. The summed E-state index contributed by atoms with van der Waals surface area (Å²) in [5.74, 6) is 0. The molecule has 16 heavy (non-hydrogen) atoms. The molecule has 1 N–H and O–H groups in total. The number of thiophene rings is 1. The fourth-order valence-corrected chi connectivity index (χ4v) is 3.16. The number of benzene rings is 1. The Hall–Kier alpha value is -0.160. The minimum absolute atomic E-state index is 0.539. The van der Waals surface area contributed by atoms with Crippen LogP contribution in [0.1, 0.15) is 22.1 Å². The minimum Gasteiger partial charge on any atom is -0.383 e. The molecule has 84 valence electrons. The van der Waals surface area contributed by atoms with E-state index in [1.165, 1.54) is 0 Å². The van der Waals surface area contributed by atoms with Crippen LogP contribution < -0.4 is 0 Å². The average Bonchev–Trinajstić information content (AvgIpc) is 2.68. The number of halogens is 2. The summed E-state index contributed by atoms with van der Waals surface area (Å²) in [5.41, 5.74) is 2.06. The van der Waals surface area contributed by atoms with E-state index in [0.29, 0.717) is 0 Å². The smallest absolute Gasteiger partial charge is 0.113 e. The fourth-order valence-electron chi connectivity index (χ4n) is 1.48. The Morgan fingerprint density at radius 2 is 1.94 bits per heavy atom. The van der Waals surface area contributed by atoms with Crippen molar-refractivity contribution in [1.29, 1.82) is 0 Å². The van der Waals surface area contributed by atoms with Gasteiger partial charge in [-0.3, -0.25) is 0 Å². The molecule has 4 heteroatoms. The average molecular weight is 362 g/mol. The Labute approximate surface area is 115 Å². The van der Waals surface area contributed by atoms with Crippen molar-refractivity contribution in [3.63, 3.8) is 0 Å². The zero-order valence-corrected chi connectivity index (χ0v) is 12.6. The van der Waals surface area contributed by atoms with Crippen LogP contribution in [0.4, 0.5) is 0 Å². The molecule has 0 radical (unpaired) electrons. The molecule has 0 spiro atoms. The molecule has 0 amide bonds. The molecule has 0 bridgehead atoms. The van der Waals surface area contributed by atoms with E-state index in [2.05, 4.69) is 31.9 Å². The van der Waals surface area contributed by atoms with Gasteiger partial charge in [-0.2, -0.15) is 0 Å². The number of aryl methyl sites for hydroxylation is 1. The predicted molar refractivity (Wildman–Crippen MR) is 75.0 cm³/mol. The highest BCUT2D eigenvalue weighted by molar-refractivity contribution is 9.11. The van der Waals surface area contributed by atoms with Crippen molar-refractivity contribution in [2.45, 2.75) is 13.0 Å². The van der Waals surface area contributed by atoms with Crippen LogP contribution in [0.3, 0.4) is 0 Å². The molecule has 0 saturated heterocycles. The summed E-state index contributed by atoms with van der Waals surface area (Å²) in [6.07, 6.45) is -0.539. The number of hydrogen-bond acceptors (Lipinski definition) is 2. The number of aliphatic hydroxyl groups excluding tert-OH is 1. The van der Waals surface area contributed by atoms with Crippen molar-refractivity contribution in [2.24, 2.45) is 0 Å². The molecule has 0 aliphatic carbocycles. The number of aliphatic hydroxyl groups is 1. The van der Waals surface area contributed by atoms with Crippen LogP contribution in [-0.4, -0.2) is 5.11 Å². The van der Waals surface area contributed by atoms with Gasteiger partial charge >= 0.3 is 0 Å². The van der Waals surface area contributed by atoms with Gasteiger partial charge in [0.2, 0.25) is 0 Å². The summed E-state index contributed by atoms with van der Waals surface area (Å²) in [7, 11) is 0. The Morgan fingerprint density at radius 1 is 1.19 bits per heavy atom. The minimum atomic E-state index is -0.539. The molecule has 1 unspecified atom stereocenters. The van der Waals surface area contributed by atoms with Crippen LogP contribution in [0.25, 0.3) is 0 Å². The highest BCUT2D eigenvalue weighted by Gasteiger charge is 2.13. The maximum Gasteiger partial charge on any atom is 0.113 e. The standard InChI is InChI=1S/C12H10Br2OS/c1-7-6-8(2-3-9(7)13)12(15)10-4-5-11(14)16-10/h2-6,12,15H,1H3. The van der Waals surface area contributed by atoms with Crippen molar-refractivity contribution in [3.8, 4) is 0 Å². The van der Waals surface area contributed by atoms with E-state index < -0.39 is 6.10 Å². The molecular formula is C12H10Br2OS. The zero-order valence-electron chi connectivity index (χ0n) is 8.58. The van der Waals surface area contributed by atoms with E-state index in [1.54, 1.807) is 11.3 Å². The lowest BCUT2D eigenvalue weighted by Gasteiger charge is -2.10. The van der Waals surface area contributed by atoms with E-state index in [1.807, 2.05) is 37.3 Å². The first-order valence-electron chi connectivity index (χ1n) is 4.77. The maximum atomic E-state index is 10.2. The maximum absolute atomic E-state index is 10.2. The fraction of sp³-hybridized carbons (Fsp3) is 0.167. The van der Waals surface area contributed by atoms with Crippen LogP contribution in [0.5, 0.6) is 0 Å². The lowest BCUT2D eigenvalue weighted by molar-refractivity contribution is 0.224. The predicted octanol–water partition coefficient (Wildman–Crippen LogP) is 4.66. The topological polar surface area (TPSA) is 20.2 Å². The van der Waals surface area contributed by atoms with Crippen molar-refractivity contribution in [1.82, 2.24) is 0 Å². The molecule has 0 aliphatic heterocycles. The van der Waals surface area contributed by atoms with Crippen LogP contribution in [0, 0.1) is 6.92 Å². The summed E-state index contributed by atoms with van der Waals surface area (Å²) in [6.45, 7) is 2.02. The zero-order chi connectivity index (χ0) is 11.7. The normalized spacial score (nSPS) is 12.8. The molecule has 2 rings (SSSR count). The van der Waals surface area contributed by atoms with Gasteiger partial charge in [0, 0.05) is 9.35 Å². The van der Waals surface area contributed by atoms with Gasteiger partial charge < -0.3 is 5.11 Å². The van der Waals surface area contributed by atoms with Gasteiger partial charge in [-0.15, -0.1) is 11.3 Å². The number of hydrogen-bond donors (Lipinski definition) is 1. The van der Waals surface area contributed by atoms with E-state index in [0.717, 1.165) is 24.3 Å². The lowest BCUT2D eigenvalue weighted by Crippen LogP contribution is -1.97. The largest absolute Gasteiger partial charge is 0.383 e. The molecule has 0 saturated carbocycles. The summed E-state index contributed by atoms with van der Waals surface area (Å²) in [6, 6.07) is 9.81. The highest BCUT2D eigenvalue weighted by atomic mass is 79.9. The third-order valence-corrected chi connectivity index (χ3v) is 4.93. The van der Waals surface area contributed by atoms with Gasteiger partial charge in [0.1, 0.15) is 6.10 Å². The Bertz CT molecular complexity index is 507. The number of rotatable bonds is 2. The molecule has 0 aliphatic rings. The Balaban J connectivity index is 2.33. The summed E-state index contributed by atoms with van der Waals surface area (Å²) in [4.78, 5) is 0.952. The van der Waals surface area contributed by atoms with E-state index in [4.69, 9.17) is 0 Å². The van der Waals surface area contributed by atoms with Crippen LogP contribution in [-0.2, 0) is 0 Å². The van der Waals surface area contributed by atoms with Gasteiger partial charge in [0.05, 0.1) is 3.79 Å². The van der Waals surface area contributed by atoms with E-state index >= 15 is 0 Å². The van der Waals surface area contributed by atoms with Gasteiger partial charge in [0.25, 0.3) is 0 Å². The van der Waals surface area contributed by atoms with Crippen molar-refractivity contribution in [3.05, 3.63) is 54.6 Å². The second-order valence-corrected chi connectivity index (χ2v) is 6.90. The first-order chi connectivity index (χ1) is 7.58. The van der Waals surface area contributed by atoms with Crippen LogP contribution >= 0.6 is 43.2 Å². The molecule has 1 nitrogen and oxygen atoms in total. The van der Waals surface area contributed by atoms with Gasteiger partial charge in [0.15, 0.2) is 0 Å². The second-order valence-electron chi connectivity index (χ2n) is 3.55. The van der Waals surface area contributed by atoms with Crippen LogP contribution in [0.15, 0.2) is 38.6 Å². The third kappa shape index (κ3) is 2.56. The van der Waals surface area contributed by atoms with E-state index in [-0.39, 0.29) is 0 Å². The monoisotopic (exact) mass is 360 g/mol. The van der Waals surface area contributed by atoms with Crippen LogP contribution in [0.2, 0.25) is 0 Å². The van der Waals surface area contributed by atoms with E-state index in [9.17, 15) is 5.11 Å². The third-order valence-electron chi connectivity index (χ3n) is 2.36. The lowest BCUT2D eigenvalue weighted by atomic mass is 10.1. The summed E-state index contributed by atoms with van der Waals surface area (Å²) < 4.78 is 2.10.